The predicted molar refractivity (Wildman–Crippen MR) is 102 cm³/mol. The molecule has 0 saturated carbocycles. The minimum absolute atomic E-state index is 0.208. The molecule has 2 N–H and O–H groups in total. The smallest absolute Gasteiger partial charge is 0.276 e. The molecule has 1 unspecified atom stereocenters. The zero-order valence-electron chi connectivity index (χ0n) is 15.4. The van der Waals surface area contributed by atoms with E-state index in [1.807, 2.05) is 40.0 Å². The fourth-order valence-corrected chi connectivity index (χ4v) is 3.70. The van der Waals surface area contributed by atoms with Crippen LogP contribution in [0.3, 0.4) is 0 Å². The highest BCUT2D eigenvalue weighted by atomic mass is 16.2. The minimum Gasteiger partial charge on any atom is -0.338 e. The van der Waals surface area contributed by atoms with Gasteiger partial charge in [-0.1, -0.05) is 12.1 Å². The summed E-state index contributed by atoms with van der Waals surface area (Å²) in [5.41, 5.74) is 2.22. The van der Waals surface area contributed by atoms with Gasteiger partial charge in [-0.25, -0.2) is 0 Å². The van der Waals surface area contributed by atoms with Crippen molar-refractivity contribution >= 4 is 17.5 Å². The number of anilines is 1. The monoisotopic (exact) mass is 367 g/mol. The third kappa shape index (κ3) is 4.19. The number of aromatic nitrogens is 2. The lowest BCUT2D eigenvalue weighted by molar-refractivity contribution is -0.128. The Morgan fingerprint density at radius 2 is 2.07 bits per heavy atom. The Hall–Kier alpha value is -2.67. The normalized spacial score (nSPS) is 20.1. The van der Waals surface area contributed by atoms with Gasteiger partial charge in [0.25, 0.3) is 5.91 Å². The van der Waals surface area contributed by atoms with E-state index in [0.717, 1.165) is 50.1 Å². The highest BCUT2D eigenvalue weighted by molar-refractivity contribution is 6.02. The van der Waals surface area contributed by atoms with Crippen molar-refractivity contribution in [3.05, 3.63) is 47.8 Å². The van der Waals surface area contributed by atoms with Crippen LogP contribution in [0.1, 0.15) is 47.8 Å². The largest absolute Gasteiger partial charge is 0.338 e. The van der Waals surface area contributed by atoms with Gasteiger partial charge >= 0.3 is 0 Å². The second-order valence-electron chi connectivity index (χ2n) is 7.25. The summed E-state index contributed by atoms with van der Waals surface area (Å²) in [4.78, 5) is 26.1. The van der Waals surface area contributed by atoms with Gasteiger partial charge in [0.05, 0.1) is 6.04 Å². The second-order valence-corrected chi connectivity index (χ2v) is 7.25. The van der Waals surface area contributed by atoms with Crippen molar-refractivity contribution in [2.45, 2.75) is 38.3 Å². The van der Waals surface area contributed by atoms with Crippen LogP contribution in [0, 0.1) is 0 Å². The van der Waals surface area contributed by atoms with Gasteiger partial charge in [0.1, 0.15) is 0 Å². The minimum atomic E-state index is -0.208. The molecule has 2 amide bonds. The van der Waals surface area contributed by atoms with E-state index in [0.29, 0.717) is 24.7 Å². The van der Waals surface area contributed by atoms with E-state index in [1.54, 1.807) is 6.07 Å². The zero-order valence-corrected chi connectivity index (χ0v) is 15.4. The number of hydrogen-bond donors (Lipinski definition) is 2. The first-order valence-electron chi connectivity index (χ1n) is 9.63. The highest BCUT2D eigenvalue weighted by Crippen LogP contribution is 2.18. The highest BCUT2D eigenvalue weighted by Gasteiger charge is 2.20. The summed E-state index contributed by atoms with van der Waals surface area (Å²) in [6.45, 7) is 3.40. The quantitative estimate of drug-likeness (QED) is 0.849. The Morgan fingerprint density at radius 3 is 2.78 bits per heavy atom. The lowest BCUT2D eigenvalue weighted by atomic mass is 10.1. The van der Waals surface area contributed by atoms with Crippen molar-refractivity contribution in [2.24, 2.45) is 0 Å². The first kappa shape index (κ1) is 17.7. The molecule has 2 aliphatic rings. The average molecular weight is 367 g/mol. The molecule has 1 atom stereocenters. The number of nitrogens with one attached hydrogen (secondary N) is 2. The van der Waals surface area contributed by atoms with E-state index in [9.17, 15) is 9.59 Å². The summed E-state index contributed by atoms with van der Waals surface area (Å²) in [6, 6.07) is 9.72. The first-order chi connectivity index (χ1) is 13.2. The van der Waals surface area contributed by atoms with Gasteiger partial charge in [-0.3, -0.25) is 14.3 Å². The van der Waals surface area contributed by atoms with Crippen molar-refractivity contribution in [3.63, 3.8) is 0 Å². The summed E-state index contributed by atoms with van der Waals surface area (Å²) in [7, 11) is 0. The van der Waals surface area contributed by atoms with E-state index in [2.05, 4.69) is 15.7 Å². The van der Waals surface area contributed by atoms with Crippen LogP contribution in [0.4, 0.5) is 5.69 Å². The Labute approximate surface area is 158 Å². The van der Waals surface area contributed by atoms with Crippen LogP contribution in [-0.4, -0.2) is 46.1 Å². The van der Waals surface area contributed by atoms with E-state index >= 15 is 0 Å². The molecule has 7 heteroatoms. The third-order valence-corrected chi connectivity index (χ3v) is 5.24. The van der Waals surface area contributed by atoms with Gasteiger partial charge < -0.3 is 15.5 Å². The topological polar surface area (TPSA) is 79.3 Å². The number of benzene rings is 1. The Bertz CT molecular complexity index is 808. The molecular weight excluding hydrogens is 342 g/mol. The number of nitrogens with zero attached hydrogens (tertiary/aromatic N) is 3. The van der Waals surface area contributed by atoms with Gasteiger partial charge in [0.2, 0.25) is 5.91 Å². The molecule has 0 spiro atoms. The maximum absolute atomic E-state index is 12.5. The first-order valence-corrected chi connectivity index (χ1v) is 9.63. The van der Waals surface area contributed by atoms with E-state index < -0.39 is 0 Å². The van der Waals surface area contributed by atoms with Crippen LogP contribution in [0.25, 0.3) is 0 Å². The Kier molecular flexibility index (Phi) is 5.20. The van der Waals surface area contributed by atoms with Gasteiger partial charge in [-0.2, -0.15) is 5.10 Å². The van der Waals surface area contributed by atoms with Gasteiger partial charge in [-0.05, 0) is 49.6 Å². The number of piperidine rings is 1. The maximum atomic E-state index is 12.5. The molecule has 0 aliphatic carbocycles. The summed E-state index contributed by atoms with van der Waals surface area (Å²) in [6.07, 6.45) is 5.68. The van der Waals surface area contributed by atoms with Crippen molar-refractivity contribution < 1.29 is 9.59 Å². The fraction of sp³-hybridized carbons (Fsp3) is 0.450. The molecule has 3 heterocycles. The SMILES string of the molecule is O=C(Nc1ccc(CN2CCCC2=O)cc1)c1ccn(C2CCCNC2)n1. The van der Waals surface area contributed by atoms with E-state index in [-0.39, 0.29) is 11.8 Å². The van der Waals surface area contributed by atoms with E-state index in [1.165, 1.54) is 0 Å². The van der Waals surface area contributed by atoms with Gasteiger partial charge in [-0.15, -0.1) is 0 Å². The molecule has 142 valence electrons. The van der Waals surface area contributed by atoms with Crippen molar-refractivity contribution in [1.82, 2.24) is 20.0 Å². The molecule has 27 heavy (non-hydrogen) atoms. The number of rotatable bonds is 5. The molecule has 0 radical (unpaired) electrons. The van der Waals surface area contributed by atoms with Gasteiger partial charge in [0.15, 0.2) is 5.69 Å². The molecule has 2 fully saturated rings. The molecule has 2 aliphatic heterocycles. The number of likely N-dealkylation sites (tertiary alicyclic amines) is 1. The van der Waals surface area contributed by atoms with Crippen LogP contribution < -0.4 is 10.6 Å². The van der Waals surface area contributed by atoms with Crippen LogP contribution in [0.15, 0.2) is 36.5 Å². The van der Waals surface area contributed by atoms with Crippen LogP contribution >= 0.6 is 0 Å². The molecule has 2 saturated heterocycles. The van der Waals surface area contributed by atoms with Crippen LogP contribution in [-0.2, 0) is 11.3 Å². The molecule has 2 aromatic rings. The molecule has 4 rings (SSSR count). The summed E-state index contributed by atoms with van der Waals surface area (Å²) >= 11 is 0. The molecule has 1 aromatic carbocycles. The number of carbonyl (C=O) groups is 2. The Morgan fingerprint density at radius 1 is 1.22 bits per heavy atom. The molecule has 7 nitrogen and oxygen atoms in total. The van der Waals surface area contributed by atoms with Crippen molar-refractivity contribution in [2.75, 3.05) is 25.0 Å². The van der Waals surface area contributed by atoms with Crippen LogP contribution in [0.2, 0.25) is 0 Å². The number of amides is 2. The second kappa shape index (κ2) is 7.92. The molecular formula is C20H25N5O2. The lowest BCUT2D eigenvalue weighted by Gasteiger charge is -2.22. The number of hydrogen-bond acceptors (Lipinski definition) is 4. The molecule has 0 bridgehead atoms. The summed E-state index contributed by atoms with van der Waals surface area (Å²) in [5.74, 6) is 0.0103. The number of carbonyl (C=O) groups excluding carboxylic acids is 2. The standard InChI is InChI=1S/C20H25N5O2/c26-19-4-2-11-24(19)14-15-5-7-16(8-6-15)22-20(27)18-9-12-25(23-18)17-3-1-10-21-13-17/h5-9,12,17,21H,1-4,10-11,13-14H2,(H,22,27). The maximum Gasteiger partial charge on any atom is 0.276 e. The van der Waals surface area contributed by atoms with Crippen molar-refractivity contribution in [3.8, 4) is 0 Å². The molecule has 1 aromatic heterocycles. The zero-order chi connectivity index (χ0) is 18.6. The fourth-order valence-electron chi connectivity index (χ4n) is 3.70. The average Bonchev–Trinajstić information content (AvgIpc) is 3.34. The summed E-state index contributed by atoms with van der Waals surface area (Å²) in [5, 5.41) is 10.7. The van der Waals surface area contributed by atoms with Crippen LogP contribution in [0.5, 0.6) is 0 Å². The lowest BCUT2D eigenvalue weighted by Crippen LogP contribution is -2.32. The van der Waals surface area contributed by atoms with Crippen molar-refractivity contribution in [1.29, 1.82) is 0 Å². The predicted octanol–water partition coefficient (Wildman–Crippen LogP) is 2.18. The van der Waals surface area contributed by atoms with E-state index in [4.69, 9.17) is 0 Å². The Balaban J connectivity index is 1.35. The summed E-state index contributed by atoms with van der Waals surface area (Å²) < 4.78 is 1.89. The van der Waals surface area contributed by atoms with Gasteiger partial charge in [0, 0.05) is 37.9 Å². The third-order valence-electron chi connectivity index (χ3n) is 5.24.